The third-order valence-electron chi connectivity index (χ3n) is 3.32. The Morgan fingerprint density at radius 3 is 2.54 bits per heavy atom. The van der Waals surface area contributed by atoms with Crippen LogP contribution in [0.3, 0.4) is 0 Å². The molecule has 0 saturated carbocycles. The Morgan fingerprint density at radius 2 is 2.00 bits per heavy atom. The predicted octanol–water partition coefficient (Wildman–Crippen LogP) is 1.13. The van der Waals surface area contributed by atoms with Gasteiger partial charge in [0.15, 0.2) is 5.60 Å². The van der Waals surface area contributed by atoms with Gasteiger partial charge < -0.3 is 9.47 Å². The molecule has 9 heteroatoms. The molecule has 24 heavy (non-hydrogen) atoms. The van der Waals surface area contributed by atoms with E-state index in [-0.39, 0.29) is 18.0 Å². The molecule has 130 valence electrons. The van der Waals surface area contributed by atoms with Gasteiger partial charge in [-0.2, -0.15) is 9.36 Å². The monoisotopic (exact) mass is 338 g/mol. The van der Waals surface area contributed by atoms with Crippen molar-refractivity contribution in [2.45, 2.75) is 33.3 Å². The molecule has 1 heterocycles. The molecule has 1 aromatic heterocycles. The number of rotatable bonds is 5. The third-order valence-corrected chi connectivity index (χ3v) is 3.32. The zero-order chi connectivity index (χ0) is 18.1. The molecule has 0 fully saturated rings. The molecular formula is C15H19FN4O4. The van der Waals surface area contributed by atoms with Crippen LogP contribution in [0, 0.1) is 12.7 Å². The summed E-state index contributed by atoms with van der Waals surface area (Å²) in [6.07, 6.45) is 0. The second-order valence-corrected chi connectivity index (χ2v) is 5.70. The van der Waals surface area contributed by atoms with E-state index in [2.05, 4.69) is 10.4 Å². The first-order valence-electron chi connectivity index (χ1n) is 7.33. The highest BCUT2D eigenvalue weighted by Crippen LogP contribution is 2.29. The summed E-state index contributed by atoms with van der Waals surface area (Å²) < 4.78 is 26.6. The van der Waals surface area contributed by atoms with Gasteiger partial charge in [0, 0.05) is 13.1 Å². The van der Waals surface area contributed by atoms with Gasteiger partial charge in [-0.15, -0.1) is 0 Å². The maximum atomic E-state index is 14.0. The second-order valence-electron chi connectivity index (χ2n) is 5.70. The molecule has 0 aliphatic rings. The summed E-state index contributed by atoms with van der Waals surface area (Å²) in [6.45, 7) is 6.38. The van der Waals surface area contributed by atoms with Crippen LogP contribution in [-0.4, -0.2) is 38.0 Å². The number of carbonyl (C=O) groups excluding carboxylic acids is 1. The number of nitrogens with zero attached hydrogens (tertiary/aromatic N) is 4. The highest BCUT2D eigenvalue weighted by atomic mass is 19.1. The fourth-order valence-electron chi connectivity index (χ4n) is 1.98. The second kappa shape index (κ2) is 6.42. The van der Waals surface area contributed by atoms with Crippen LogP contribution < -0.4 is 10.4 Å². The third kappa shape index (κ3) is 3.29. The number of hydrogen-bond acceptors (Lipinski definition) is 6. The van der Waals surface area contributed by atoms with E-state index in [9.17, 15) is 14.0 Å². The van der Waals surface area contributed by atoms with Crippen molar-refractivity contribution < 1.29 is 18.7 Å². The molecule has 2 rings (SSSR count). The van der Waals surface area contributed by atoms with E-state index in [0.29, 0.717) is 5.56 Å². The first-order valence-corrected chi connectivity index (χ1v) is 7.33. The Bertz CT molecular complexity index is 825. The number of benzene rings is 1. The molecule has 0 aliphatic heterocycles. The van der Waals surface area contributed by atoms with Gasteiger partial charge in [0.1, 0.15) is 17.3 Å². The summed E-state index contributed by atoms with van der Waals surface area (Å²) in [7, 11) is 1.44. The van der Waals surface area contributed by atoms with Crippen LogP contribution in [-0.2, 0) is 16.6 Å². The number of hydrogen-bond donors (Lipinski definition) is 0. The standard InChI is InChI=1S/C15H19FN4O4/c1-6-23-13(21)15(3,4)24-12-8-10(16)9(2)7-11(12)20-14(22)19(5)17-18-20/h7-8H,6H2,1-5H3. The maximum absolute atomic E-state index is 14.0. The molecule has 0 unspecified atom stereocenters. The first kappa shape index (κ1) is 17.6. The predicted molar refractivity (Wildman–Crippen MR) is 82.6 cm³/mol. The van der Waals surface area contributed by atoms with Crippen molar-refractivity contribution in [2.75, 3.05) is 6.61 Å². The molecule has 0 spiro atoms. The van der Waals surface area contributed by atoms with Gasteiger partial charge in [-0.05, 0) is 49.8 Å². The SMILES string of the molecule is CCOC(=O)C(C)(C)Oc1cc(F)c(C)cc1-n1nnn(C)c1=O. The Hall–Kier alpha value is -2.71. The normalized spacial score (nSPS) is 11.4. The molecule has 0 saturated heterocycles. The molecular weight excluding hydrogens is 319 g/mol. The van der Waals surface area contributed by atoms with Crippen molar-refractivity contribution in [2.24, 2.45) is 7.05 Å². The van der Waals surface area contributed by atoms with E-state index in [1.807, 2.05) is 0 Å². The van der Waals surface area contributed by atoms with Crippen molar-refractivity contribution >= 4 is 5.97 Å². The van der Waals surface area contributed by atoms with Gasteiger partial charge >= 0.3 is 11.7 Å². The minimum Gasteiger partial charge on any atom is -0.474 e. The molecule has 1 aromatic carbocycles. The smallest absolute Gasteiger partial charge is 0.368 e. The Morgan fingerprint density at radius 1 is 1.33 bits per heavy atom. The van der Waals surface area contributed by atoms with E-state index in [4.69, 9.17) is 9.47 Å². The lowest BCUT2D eigenvalue weighted by molar-refractivity contribution is -0.158. The maximum Gasteiger partial charge on any atom is 0.368 e. The van der Waals surface area contributed by atoms with Crippen molar-refractivity contribution in [3.8, 4) is 11.4 Å². The molecule has 0 bridgehead atoms. The van der Waals surface area contributed by atoms with Crippen LogP contribution in [0.5, 0.6) is 5.75 Å². The van der Waals surface area contributed by atoms with Gasteiger partial charge in [0.2, 0.25) is 0 Å². The number of aromatic nitrogens is 4. The fourth-order valence-corrected chi connectivity index (χ4v) is 1.98. The van der Waals surface area contributed by atoms with E-state index in [1.165, 1.54) is 27.0 Å². The molecule has 0 N–H and O–H groups in total. The number of tetrazole rings is 1. The quantitative estimate of drug-likeness (QED) is 0.760. The zero-order valence-electron chi connectivity index (χ0n) is 14.2. The minimum atomic E-state index is -1.38. The van der Waals surface area contributed by atoms with Crippen molar-refractivity contribution in [3.63, 3.8) is 0 Å². The number of aryl methyl sites for hydroxylation is 2. The van der Waals surface area contributed by atoms with Gasteiger partial charge in [0.05, 0.1) is 6.61 Å². The number of carbonyl (C=O) groups is 1. The summed E-state index contributed by atoms with van der Waals surface area (Å²) >= 11 is 0. The highest BCUT2D eigenvalue weighted by Gasteiger charge is 2.33. The van der Waals surface area contributed by atoms with Crippen LogP contribution in [0.25, 0.3) is 5.69 Å². The molecule has 2 aromatic rings. The lowest BCUT2D eigenvalue weighted by Gasteiger charge is -2.25. The van der Waals surface area contributed by atoms with Gasteiger partial charge in [-0.25, -0.2) is 14.0 Å². The Balaban J connectivity index is 2.54. The fraction of sp³-hybridized carbons (Fsp3) is 0.467. The highest BCUT2D eigenvalue weighted by molar-refractivity contribution is 5.79. The Kier molecular flexibility index (Phi) is 4.72. The number of halogens is 1. The minimum absolute atomic E-state index is 0.0150. The lowest BCUT2D eigenvalue weighted by atomic mass is 10.1. The van der Waals surface area contributed by atoms with Crippen molar-refractivity contribution in [1.82, 2.24) is 19.8 Å². The van der Waals surface area contributed by atoms with Crippen LogP contribution in [0.4, 0.5) is 4.39 Å². The van der Waals surface area contributed by atoms with Gasteiger partial charge in [-0.3, -0.25) is 0 Å². The first-order chi connectivity index (χ1) is 11.2. The molecule has 8 nitrogen and oxygen atoms in total. The van der Waals surface area contributed by atoms with Crippen LogP contribution >= 0.6 is 0 Å². The zero-order valence-corrected chi connectivity index (χ0v) is 14.2. The average Bonchev–Trinajstić information content (AvgIpc) is 2.82. The largest absolute Gasteiger partial charge is 0.474 e. The Labute approximate surface area is 137 Å². The average molecular weight is 338 g/mol. The summed E-state index contributed by atoms with van der Waals surface area (Å²) in [5.74, 6) is -1.16. The molecule has 0 aliphatic carbocycles. The summed E-state index contributed by atoms with van der Waals surface area (Å²) in [4.78, 5) is 24.1. The van der Waals surface area contributed by atoms with Gasteiger partial charge in [0.25, 0.3) is 0 Å². The molecule has 0 amide bonds. The lowest BCUT2D eigenvalue weighted by Crippen LogP contribution is -2.40. The van der Waals surface area contributed by atoms with E-state index in [0.717, 1.165) is 15.4 Å². The van der Waals surface area contributed by atoms with Crippen molar-refractivity contribution in [3.05, 3.63) is 34.0 Å². The summed E-state index contributed by atoms with van der Waals surface area (Å²) in [6, 6.07) is 2.51. The topological polar surface area (TPSA) is 88.2 Å². The van der Waals surface area contributed by atoms with Crippen LogP contribution in [0.2, 0.25) is 0 Å². The van der Waals surface area contributed by atoms with Crippen molar-refractivity contribution in [1.29, 1.82) is 0 Å². The van der Waals surface area contributed by atoms with E-state index >= 15 is 0 Å². The summed E-state index contributed by atoms with van der Waals surface area (Å²) in [5.41, 5.74) is -1.42. The van der Waals surface area contributed by atoms with Gasteiger partial charge in [-0.1, -0.05) is 0 Å². The summed E-state index contributed by atoms with van der Waals surface area (Å²) in [5, 5.41) is 7.35. The van der Waals surface area contributed by atoms with E-state index in [1.54, 1.807) is 13.8 Å². The van der Waals surface area contributed by atoms with Crippen LogP contribution in [0.15, 0.2) is 16.9 Å². The number of ether oxygens (including phenoxy) is 2. The number of esters is 1. The molecule has 0 atom stereocenters. The molecule has 0 radical (unpaired) electrons. The van der Waals surface area contributed by atoms with Crippen LogP contribution in [0.1, 0.15) is 26.3 Å². The van der Waals surface area contributed by atoms with E-state index < -0.39 is 23.1 Å².